The number of thiophene rings is 1. The Morgan fingerprint density at radius 1 is 1.17 bits per heavy atom. The molecule has 1 fully saturated rings. The summed E-state index contributed by atoms with van der Waals surface area (Å²) >= 11 is 1.69. The summed E-state index contributed by atoms with van der Waals surface area (Å²) < 4.78 is 11.0. The van der Waals surface area contributed by atoms with Crippen molar-refractivity contribution in [2.45, 2.75) is 38.0 Å². The van der Waals surface area contributed by atoms with Crippen LogP contribution in [0.25, 0.3) is 11.1 Å². The van der Waals surface area contributed by atoms with Gasteiger partial charge in [-0.2, -0.15) is 0 Å². The summed E-state index contributed by atoms with van der Waals surface area (Å²) in [6.45, 7) is 1.07. The summed E-state index contributed by atoms with van der Waals surface area (Å²) in [5, 5.41) is 2.03. The van der Waals surface area contributed by atoms with Gasteiger partial charge in [0.05, 0.1) is 0 Å². The molecule has 4 rings (SSSR count). The Hall–Kier alpha value is -2.67. The van der Waals surface area contributed by atoms with Crippen LogP contribution in [0.4, 0.5) is 0 Å². The molecule has 1 aromatic carbocycles. The maximum atomic E-state index is 12.4. The first-order chi connectivity index (χ1) is 14.2. The fourth-order valence-corrected chi connectivity index (χ4v) is 4.36. The molecule has 2 aromatic heterocycles. The van der Waals surface area contributed by atoms with Crippen LogP contribution in [0.2, 0.25) is 0 Å². The molecule has 0 atom stereocenters. The fraction of sp³-hybridized carbons (Fsp3) is 0.409. The second kappa shape index (κ2) is 9.22. The third-order valence-electron chi connectivity index (χ3n) is 5.25. The molecule has 0 unspecified atom stereocenters. The number of amides is 1. The van der Waals surface area contributed by atoms with Gasteiger partial charge in [-0.3, -0.25) is 9.59 Å². The number of nitrogens with zero attached hydrogens (tertiary/aromatic N) is 2. The second-order valence-corrected chi connectivity index (χ2v) is 8.30. The zero-order chi connectivity index (χ0) is 20.1. The molecule has 0 saturated carbocycles. The van der Waals surface area contributed by atoms with Crippen molar-refractivity contribution in [3.63, 3.8) is 0 Å². The van der Waals surface area contributed by atoms with Gasteiger partial charge in [0.1, 0.15) is 5.52 Å². The predicted octanol–water partition coefficient (Wildman–Crippen LogP) is 4.16. The molecule has 1 saturated heterocycles. The summed E-state index contributed by atoms with van der Waals surface area (Å²) in [6.07, 6.45) is 3.54. The third kappa shape index (κ3) is 5.03. The number of esters is 1. The van der Waals surface area contributed by atoms with Gasteiger partial charge in [-0.05, 0) is 49.3 Å². The number of para-hydroxylation sites is 2. The van der Waals surface area contributed by atoms with Crippen LogP contribution in [0.5, 0.6) is 0 Å². The summed E-state index contributed by atoms with van der Waals surface area (Å²) in [5.41, 5.74) is 1.67. The van der Waals surface area contributed by atoms with Crippen molar-refractivity contribution in [3.8, 4) is 0 Å². The zero-order valence-electron chi connectivity index (χ0n) is 16.2. The van der Waals surface area contributed by atoms with Crippen LogP contribution >= 0.6 is 11.3 Å². The van der Waals surface area contributed by atoms with Crippen molar-refractivity contribution >= 4 is 34.3 Å². The third-order valence-corrected chi connectivity index (χ3v) is 6.18. The van der Waals surface area contributed by atoms with E-state index < -0.39 is 0 Å². The average Bonchev–Trinajstić information content (AvgIpc) is 3.42. The van der Waals surface area contributed by atoms with Gasteiger partial charge in [0.15, 0.2) is 18.1 Å². The first-order valence-corrected chi connectivity index (χ1v) is 10.9. The number of hydrogen-bond donors (Lipinski definition) is 0. The highest BCUT2D eigenvalue weighted by atomic mass is 32.1. The largest absolute Gasteiger partial charge is 0.456 e. The van der Waals surface area contributed by atoms with Crippen molar-refractivity contribution in [3.05, 3.63) is 52.5 Å². The van der Waals surface area contributed by atoms with Gasteiger partial charge >= 0.3 is 5.97 Å². The molecule has 0 aliphatic carbocycles. The highest BCUT2D eigenvalue weighted by Gasteiger charge is 2.27. The van der Waals surface area contributed by atoms with Crippen molar-refractivity contribution in [2.24, 2.45) is 0 Å². The number of fused-ring (bicyclic) bond motifs is 1. The number of hydrogen-bond acceptors (Lipinski definition) is 6. The second-order valence-electron chi connectivity index (χ2n) is 7.27. The molecular weight excluding hydrogens is 388 g/mol. The van der Waals surface area contributed by atoms with Crippen LogP contribution in [0.3, 0.4) is 0 Å². The number of rotatable bonds is 7. The Morgan fingerprint density at radius 2 is 2.00 bits per heavy atom. The van der Waals surface area contributed by atoms with E-state index in [1.807, 2.05) is 35.7 Å². The van der Waals surface area contributed by atoms with E-state index >= 15 is 0 Å². The zero-order valence-corrected chi connectivity index (χ0v) is 17.0. The maximum Gasteiger partial charge on any atom is 0.306 e. The number of carbonyl (C=O) groups excluding carboxylic acids is 2. The van der Waals surface area contributed by atoms with Crippen LogP contribution in [0, 0.1) is 0 Å². The molecule has 0 N–H and O–H groups in total. The van der Waals surface area contributed by atoms with Gasteiger partial charge in [-0.1, -0.05) is 18.2 Å². The minimum atomic E-state index is -0.309. The van der Waals surface area contributed by atoms with Crippen LogP contribution in [0.15, 0.2) is 46.2 Å². The molecule has 1 aliphatic heterocycles. The minimum Gasteiger partial charge on any atom is -0.456 e. The first kappa shape index (κ1) is 19.6. The normalized spacial score (nSPS) is 15.0. The number of likely N-dealkylation sites (tertiary alicyclic amines) is 1. The Morgan fingerprint density at radius 3 is 2.76 bits per heavy atom. The lowest BCUT2D eigenvalue weighted by Gasteiger charge is -2.30. The molecule has 3 aromatic rings. The topological polar surface area (TPSA) is 72.6 Å². The molecule has 0 bridgehead atoms. The molecule has 0 radical (unpaired) electrons. The number of piperidine rings is 1. The molecule has 6 nitrogen and oxygen atoms in total. The highest BCUT2D eigenvalue weighted by Crippen LogP contribution is 2.29. The number of aromatic nitrogens is 1. The molecule has 1 aliphatic rings. The first-order valence-electron chi connectivity index (χ1n) is 10.0. The molecule has 3 heterocycles. The summed E-state index contributed by atoms with van der Waals surface area (Å²) in [7, 11) is 0. The average molecular weight is 413 g/mol. The minimum absolute atomic E-state index is 0.132. The highest BCUT2D eigenvalue weighted by molar-refractivity contribution is 7.09. The van der Waals surface area contributed by atoms with E-state index in [4.69, 9.17) is 9.15 Å². The quantitative estimate of drug-likeness (QED) is 0.545. The van der Waals surface area contributed by atoms with Gasteiger partial charge in [0.2, 0.25) is 0 Å². The maximum absolute atomic E-state index is 12.4. The summed E-state index contributed by atoms with van der Waals surface area (Å²) in [6, 6.07) is 11.8. The number of oxazole rings is 1. The number of benzene rings is 1. The Labute approximate surface area is 173 Å². The monoisotopic (exact) mass is 412 g/mol. The molecule has 1 amide bonds. The molecular formula is C22H24N2O4S. The van der Waals surface area contributed by atoms with Crippen LogP contribution < -0.4 is 0 Å². The van der Waals surface area contributed by atoms with E-state index in [9.17, 15) is 9.59 Å². The Bertz CT molecular complexity index is 925. The SMILES string of the molecule is O=C(CCCc1cccs1)OCC(=O)N1CCC(c2nc3ccccc3o2)CC1. The van der Waals surface area contributed by atoms with E-state index in [0.717, 1.165) is 42.7 Å². The van der Waals surface area contributed by atoms with Gasteiger partial charge in [0.25, 0.3) is 5.91 Å². The fourth-order valence-electron chi connectivity index (χ4n) is 3.61. The molecule has 152 valence electrons. The van der Waals surface area contributed by atoms with E-state index in [0.29, 0.717) is 19.5 Å². The number of carbonyl (C=O) groups is 2. The van der Waals surface area contributed by atoms with E-state index in [2.05, 4.69) is 11.1 Å². The van der Waals surface area contributed by atoms with E-state index in [-0.39, 0.29) is 24.4 Å². The standard InChI is InChI=1S/C22H24N2O4S/c25-20(15-27-21(26)9-3-5-17-6-4-14-29-17)24-12-10-16(11-13-24)22-23-18-7-1-2-8-19(18)28-22/h1-2,4,6-8,14,16H,3,5,9-13,15H2. The Kier molecular flexibility index (Phi) is 6.24. The lowest BCUT2D eigenvalue weighted by molar-refractivity contribution is -0.152. The number of aryl methyl sites for hydroxylation is 1. The molecule has 0 spiro atoms. The predicted molar refractivity (Wildman–Crippen MR) is 111 cm³/mol. The van der Waals surface area contributed by atoms with Gasteiger partial charge in [0, 0.05) is 30.3 Å². The van der Waals surface area contributed by atoms with E-state index in [1.165, 1.54) is 4.88 Å². The van der Waals surface area contributed by atoms with Crippen LogP contribution in [-0.4, -0.2) is 41.5 Å². The summed E-state index contributed by atoms with van der Waals surface area (Å²) in [5.74, 6) is 0.519. The Balaban J connectivity index is 1.18. The van der Waals surface area contributed by atoms with Gasteiger partial charge < -0.3 is 14.1 Å². The lowest BCUT2D eigenvalue weighted by Crippen LogP contribution is -2.40. The van der Waals surface area contributed by atoms with E-state index in [1.54, 1.807) is 16.2 Å². The smallest absolute Gasteiger partial charge is 0.306 e. The van der Waals surface area contributed by atoms with Crippen molar-refractivity contribution in [2.75, 3.05) is 19.7 Å². The number of ether oxygens (including phenoxy) is 1. The van der Waals surface area contributed by atoms with Crippen LogP contribution in [-0.2, 0) is 20.7 Å². The van der Waals surface area contributed by atoms with Crippen molar-refractivity contribution in [1.82, 2.24) is 9.88 Å². The van der Waals surface area contributed by atoms with Gasteiger partial charge in [-0.25, -0.2) is 4.98 Å². The van der Waals surface area contributed by atoms with Crippen molar-refractivity contribution in [1.29, 1.82) is 0 Å². The van der Waals surface area contributed by atoms with Crippen molar-refractivity contribution < 1.29 is 18.7 Å². The van der Waals surface area contributed by atoms with Gasteiger partial charge in [-0.15, -0.1) is 11.3 Å². The van der Waals surface area contributed by atoms with Crippen LogP contribution in [0.1, 0.15) is 42.4 Å². The molecule has 7 heteroatoms. The summed E-state index contributed by atoms with van der Waals surface area (Å²) in [4.78, 5) is 31.8. The molecule has 29 heavy (non-hydrogen) atoms. The lowest BCUT2D eigenvalue weighted by atomic mass is 9.97.